The maximum Gasteiger partial charge on any atom is 0.0107 e. The van der Waals surface area contributed by atoms with Crippen molar-refractivity contribution in [3.8, 4) is 0 Å². The van der Waals surface area contributed by atoms with Gasteiger partial charge in [0.1, 0.15) is 0 Å². The van der Waals surface area contributed by atoms with Crippen LogP contribution in [-0.4, -0.2) is 37.6 Å². The number of nitrogens with zero attached hydrogens (tertiary/aromatic N) is 1. The molecule has 1 N–H and O–H groups in total. The van der Waals surface area contributed by atoms with Gasteiger partial charge in [0, 0.05) is 26.2 Å². The Kier molecular flexibility index (Phi) is 3.94. The molecule has 0 spiro atoms. The van der Waals surface area contributed by atoms with Gasteiger partial charge in [-0.1, -0.05) is 19.9 Å². The molecular formula is C11H22N2. The van der Waals surface area contributed by atoms with Gasteiger partial charge < -0.3 is 10.2 Å². The molecule has 0 atom stereocenters. The van der Waals surface area contributed by atoms with Crippen LogP contribution in [0.1, 0.15) is 20.3 Å². The van der Waals surface area contributed by atoms with Crippen molar-refractivity contribution < 1.29 is 0 Å². The number of nitrogens with one attached hydrogen (secondary N) is 1. The molecule has 0 aromatic carbocycles. The normalized spacial score (nSPS) is 20.2. The van der Waals surface area contributed by atoms with Crippen molar-refractivity contribution >= 4 is 0 Å². The van der Waals surface area contributed by atoms with Gasteiger partial charge in [-0.05, 0) is 18.4 Å². The maximum absolute atomic E-state index is 3.87. The molecule has 0 radical (unpaired) electrons. The van der Waals surface area contributed by atoms with E-state index in [-0.39, 0.29) is 0 Å². The van der Waals surface area contributed by atoms with Crippen LogP contribution in [0.5, 0.6) is 0 Å². The summed E-state index contributed by atoms with van der Waals surface area (Å²) in [5.74, 6) is 0. The first-order chi connectivity index (χ1) is 6.14. The standard InChI is InChI=1S/C11H22N2/c1-4-11(2,3)5-8-13-9-6-12-7-10-13/h4,12H,1,5-10H2,2-3H3. The zero-order valence-corrected chi connectivity index (χ0v) is 8.97. The van der Waals surface area contributed by atoms with Crippen molar-refractivity contribution in [1.29, 1.82) is 0 Å². The number of rotatable bonds is 4. The number of piperazine rings is 1. The van der Waals surface area contributed by atoms with Gasteiger partial charge in [-0.25, -0.2) is 0 Å². The summed E-state index contributed by atoms with van der Waals surface area (Å²) in [5, 5.41) is 3.36. The first-order valence-corrected chi connectivity index (χ1v) is 5.21. The lowest BCUT2D eigenvalue weighted by Crippen LogP contribution is -2.44. The van der Waals surface area contributed by atoms with Gasteiger partial charge in [-0.3, -0.25) is 0 Å². The zero-order valence-electron chi connectivity index (χ0n) is 8.97. The van der Waals surface area contributed by atoms with Crippen LogP contribution in [0.15, 0.2) is 12.7 Å². The number of hydrogen-bond donors (Lipinski definition) is 1. The van der Waals surface area contributed by atoms with Crippen LogP contribution < -0.4 is 5.32 Å². The summed E-state index contributed by atoms with van der Waals surface area (Å²) in [6.45, 7) is 14.3. The third kappa shape index (κ3) is 3.92. The molecule has 1 saturated heterocycles. The molecule has 0 aromatic rings. The second-order valence-corrected chi connectivity index (χ2v) is 4.53. The average molecular weight is 182 g/mol. The minimum absolute atomic E-state index is 0.297. The van der Waals surface area contributed by atoms with Gasteiger partial charge in [0.15, 0.2) is 0 Å². The molecule has 1 aliphatic rings. The maximum atomic E-state index is 3.87. The Hall–Kier alpha value is -0.340. The molecule has 1 rings (SSSR count). The summed E-state index contributed by atoms with van der Waals surface area (Å²) in [6, 6.07) is 0. The van der Waals surface area contributed by atoms with Crippen molar-refractivity contribution in [2.24, 2.45) is 5.41 Å². The fourth-order valence-corrected chi connectivity index (χ4v) is 1.48. The Morgan fingerprint density at radius 2 is 2.00 bits per heavy atom. The SMILES string of the molecule is C=CC(C)(C)CCN1CCNCC1. The van der Waals surface area contributed by atoms with Crippen LogP contribution in [0.4, 0.5) is 0 Å². The summed E-state index contributed by atoms with van der Waals surface area (Å²) in [5.41, 5.74) is 0.297. The van der Waals surface area contributed by atoms with Crippen LogP contribution in [0.3, 0.4) is 0 Å². The predicted octanol–water partition coefficient (Wildman–Crippen LogP) is 1.49. The van der Waals surface area contributed by atoms with Crippen molar-refractivity contribution in [3.63, 3.8) is 0 Å². The van der Waals surface area contributed by atoms with E-state index < -0.39 is 0 Å². The highest BCUT2D eigenvalue weighted by Gasteiger charge is 2.16. The van der Waals surface area contributed by atoms with E-state index in [1.54, 1.807) is 0 Å². The van der Waals surface area contributed by atoms with E-state index in [1.165, 1.54) is 26.1 Å². The topological polar surface area (TPSA) is 15.3 Å². The molecule has 1 aliphatic heterocycles. The summed E-state index contributed by atoms with van der Waals surface area (Å²) in [7, 11) is 0. The molecule has 1 heterocycles. The van der Waals surface area contributed by atoms with Gasteiger partial charge in [0.25, 0.3) is 0 Å². The van der Waals surface area contributed by atoms with E-state index in [0.29, 0.717) is 5.41 Å². The minimum Gasteiger partial charge on any atom is -0.314 e. The van der Waals surface area contributed by atoms with Gasteiger partial charge in [0.05, 0.1) is 0 Å². The van der Waals surface area contributed by atoms with Gasteiger partial charge in [-0.15, -0.1) is 6.58 Å². The fourth-order valence-electron chi connectivity index (χ4n) is 1.48. The third-order valence-corrected chi connectivity index (χ3v) is 2.83. The molecule has 0 aromatic heterocycles. The summed E-state index contributed by atoms with van der Waals surface area (Å²) in [6.07, 6.45) is 3.28. The fraction of sp³-hybridized carbons (Fsp3) is 0.818. The monoisotopic (exact) mass is 182 g/mol. The Morgan fingerprint density at radius 1 is 1.38 bits per heavy atom. The Bertz CT molecular complexity index is 157. The summed E-state index contributed by atoms with van der Waals surface area (Å²) >= 11 is 0. The highest BCUT2D eigenvalue weighted by Crippen LogP contribution is 2.21. The Balaban J connectivity index is 2.20. The van der Waals surface area contributed by atoms with E-state index in [4.69, 9.17) is 0 Å². The van der Waals surface area contributed by atoms with Gasteiger partial charge in [-0.2, -0.15) is 0 Å². The molecule has 0 amide bonds. The lowest BCUT2D eigenvalue weighted by molar-refractivity contribution is 0.215. The third-order valence-electron chi connectivity index (χ3n) is 2.83. The molecule has 2 nitrogen and oxygen atoms in total. The number of allylic oxidation sites excluding steroid dienone is 1. The molecule has 0 unspecified atom stereocenters. The van der Waals surface area contributed by atoms with Crippen LogP contribution in [0.25, 0.3) is 0 Å². The first-order valence-electron chi connectivity index (χ1n) is 5.21. The Morgan fingerprint density at radius 3 is 2.54 bits per heavy atom. The molecule has 0 saturated carbocycles. The molecule has 2 heteroatoms. The number of hydrogen-bond acceptors (Lipinski definition) is 2. The molecule has 0 aliphatic carbocycles. The largest absolute Gasteiger partial charge is 0.314 e. The summed E-state index contributed by atoms with van der Waals surface area (Å²) in [4.78, 5) is 2.53. The predicted molar refractivity (Wildman–Crippen MR) is 57.9 cm³/mol. The lowest BCUT2D eigenvalue weighted by atomic mass is 9.89. The molecule has 0 bridgehead atoms. The second-order valence-electron chi connectivity index (χ2n) is 4.53. The van der Waals surface area contributed by atoms with E-state index in [0.717, 1.165) is 13.1 Å². The van der Waals surface area contributed by atoms with E-state index in [1.807, 2.05) is 0 Å². The summed E-state index contributed by atoms with van der Waals surface area (Å²) < 4.78 is 0. The first kappa shape index (κ1) is 10.7. The van der Waals surface area contributed by atoms with Crippen molar-refractivity contribution in [1.82, 2.24) is 10.2 Å². The van der Waals surface area contributed by atoms with Crippen molar-refractivity contribution in [2.45, 2.75) is 20.3 Å². The molecular weight excluding hydrogens is 160 g/mol. The van der Waals surface area contributed by atoms with Crippen LogP contribution in [0, 0.1) is 5.41 Å². The molecule has 1 fully saturated rings. The average Bonchev–Trinajstić information content (AvgIpc) is 2.17. The lowest BCUT2D eigenvalue weighted by Gasteiger charge is -2.30. The van der Waals surface area contributed by atoms with Crippen LogP contribution in [0.2, 0.25) is 0 Å². The van der Waals surface area contributed by atoms with Crippen molar-refractivity contribution in [3.05, 3.63) is 12.7 Å². The minimum atomic E-state index is 0.297. The zero-order chi connectivity index (χ0) is 9.73. The molecule has 76 valence electrons. The second kappa shape index (κ2) is 4.77. The van der Waals surface area contributed by atoms with Crippen LogP contribution >= 0.6 is 0 Å². The van der Waals surface area contributed by atoms with Gasteiger partial charge in [0.2, 0.25) is 0 Å². The van der Waals surface area contributed by atoms with E-state index >= 15 is 0 Å². The highest BCUT2D eigenvalue weighted by molar-refractivity contribution is 4.88. The molecule has 13 heavy (non-hydrogen) atoms. The van der Waals surface area contributed by atoms with Gasteiger partial charge >= 0.3 is 0 Å². The quantitative estimate of drug-likeness (QED) is 0.663. The van der Waals surface area contributed by atoms with E-state index in [2.05, 4.69) is 36.7 Å². The smallest absolute Gasteiger partial charge is 0.0107 e. The highest BCUT2D eigenvalue weighted by atomic mass is 15.2. The Labute approximate surface area is 82.0 Å². The van der Waals surface area contributed by atoms with Crippen molar-refractivity contribution in [2.75, 3.05) is 32.7 Å². The van der Waals surface area contributed by atoms with Crippen LogP contribution in [-0.2, 0) is 0 Å². The van der Waals surface area contributed by atoms with E-state index in [9.17, 15) is 0 Å².